The van der Waals surface area contributed by atoms with Crippen molar-refractivity contribution >= 4 is 11.9 Å². The highest BCUT2D eigenvalue weighted by atomic mass is 16.5. The molecular formula is C18H32N8O2. The number of morpholine rings is 1. The number of carbonyl (C=O) groups excluding carboxylic acids is 1. The number of amides is 1. The van der Waals surface area contributed by atoms with Crippen molar-refractivity contribution in [3.8, 4) is 0 Å². The third-order valence-electron chi connectivity index (χ3n) is 4.99. The number of nitrogens with zero attached hydrogens (tertiary/aromatic N) is 6. The molecule has 0 bridgehead atoms. The zero-order chi connectivity index (χ0) is 19.9. The SMILES string of the molecule is Cc1nc2n(n1)CCCC2NC(=NCC(=O)N(C)C)NCCN1CCOCC1. The average molecular weight is 393 g/mol. The van der Waals surface area contributed by atoms with Gasteiger partial charge in [0.25, 0.3) is 0 Å². The normalized spacial score (nSPS) is 20.5. The summed E-state index contributed by atoms with van der Waals surface area (Å²) in [6, 6.07) is 0.0408. The molecule has 1 fully saturated rings. The van der Waals surface area contributed by atoms with Gasteiger partial charge in [0.15, 0.2) is 5.96 Å². The Morgan fingerprint density at radius 1 is 1.32 bits per heavy atom. The summed E-state index contributed by atoms with van der Waals surface area (Å²) in [5.41, 5.74) is 0. The Bertz CT molecular complexity index is 681. The Morgan fingerprint density at radius 3 is 2.86 bits per heavy atom. The third kappa shape index (κ3) is 5.65. The summed E-state index contributed by atoms with van der Waals surface area (Å²) in [7, 11) is 3.48. The fraction of sp³-hybridized carbons (Fsp3) is 0.778. The van der Waals surface area contributed by atoms with Gasteiger partial charge >= 0.3 is 0 Å². The molecule has 1 aromatic rings. The number of likely N-dealkylation sites (N-methyl/N-ethyl adjacent to an activating group) is 1. The molecule has 0 aromatic carbocycles. The highest BCUT2D eigenvalue weighted by Crippen LogP contribution is 2.22. The van der Waals surface area contributed by atoms with Crippen LogP contribution in [-0.2, 0) is 16.1 Å². The monoisotopic (exact) mass is 392 g/mol. The number of ether oxygens (including phenoxy) is 1. The first-order chi connectivity index (χ1) is 13.5. The van der Waals surface area contributed by atoms with Gasteiger partial charge in [0.1, 0.15) is 18.2 Å². The molecule has 10 nitrogen and oxygen atoms in total. The zero-order valence-electron chi connectivity index (χ0n) is 17.1. The van der Waals surface area contributed by atoms with E-state index >= 15 is 0 Å². The molecule has 156 valence electrons. The van der Waals surface area contributed by atoms with Gasteiger partial charge in [0.05, 0.1) is 19.3 Å². The van der Waals surface area contributed by atoms with Gasteiger partial charge in [-0.15, -0.1) is 0 Å². The third-order valence-corrected chi connectivity index (χ3v) is 4.99. The highest BCUT2D eigenvalue weighted by molar-refractivity contribution is 5.85. The number of carbonyl (C=O) groups is 1. The largest absolute Gasteiger partial charge is 0.379 e. The summed E-state index contributed by atoms with van der Waals surface area (Å²) in [5, 5.41) is 11.3. The molecule has 1 aromatic heterocycles. The summed E-state index contributed by atoms with van der Waals surface area (Å²) in [5.74, 6) is 2.33. The van der Waals surface area contributed by atoms with Crippen molar-refractivity contribution in [2.45, 2.75) is 32.4 Å². The lowest BCUT2D eigenvalue weighted by atomic mass is 10.1. The lowest BCUT2D eigenvalue weighted by molar-refractivity contribution is -0.127. The van der Waals surface area contributed by atoms with Crippen molar-refractivity contribution in [3.63, 3.8) is 0 Å². The summed E-state index contributed by atoms with van der Waals surface area (Å²) in [4.78, 5) is 25.0. The van der Waals surface area contributed by atoms with Crippen LogP contribution in [0.4, 0.5) is 0 Å². The molecule has 2 N–H and O–H groups in total. The number of nitrogens with one attached hydrogen (secondary N) is 2. The van der Waals surface area contributed by atoms with Gasteiger partial charge in [-0.3, -0.25) is 9.69 Å². The Morgan fingerprint density at radius 2 is 2.11 bits per heavy atom. The molecule has 0 saturated carbocycles. The molecule has 1 atom stereocenters. The van der Waals surface area contributed by atoms with Crippen LogP contribution in [0.25, 0.3) is 0 Å². The van der Waals surface area contributed by atoms with E-state index in [1.54, 1.807) is 19.0 Å². The van der Waals surface area contributed by atoms with E-state index in [0.29, 0.717) is 5.96 Å². The Balaban J connectivity index is 1.62. The van der Waals surface area contributed by atoms with E-state index in [0.717, 1.165) is 70.4 Å². The van der Waals surface area contributed by atoms with Crippen LogP contribution in [0.1, 0.15) is 30.5 Å². The molecule has 0 aliphatic carbocycles. The van der Waals surface area contributed by atoms with Crippen LogP contribution in [0.3, 0.4) is 0 Å². The van der Waals surface area contributed by atoms with Crippen molar-refractivity contribution in [1.82, 2.24) is 35.2 Å². The molecule has 3 rings (SSSR count). The Labute approximate surface area is 166 Å². The number of rotatable bonds is 6. The predicted molar refractivity (Wildman–Crippen MR) is 106 cm³/mol. The molecule has 2 aliphatic rings. The second kappa shape index (κ2) is 9.83. The van der Waals surface area contributed by atoms with Gasteiger partial charge < -0.3 is 20.3 Å². The van der Waals surface area contributed by atoms with Crippen LogP contribution in [0.15, 0.2) is 4.99 Å². The molecule has 3 heterocycles. The van der Waals surface area contributed by atoms with Gasteiger partial charge in [-0.1, -0.05) is 0 Å². The zero-order valence-corrected chi connectivity index (χ0v) is 17.1. The van der Waals surface area contributed by atoms with E-state index in [9.17, 15) is 4.79 Å². The summed E-state index contributed by atoms with van der Waals surface area (Å²) in [6.07, 6.45) is 2.00. The summed E-state index contributed by atoms with van der Waals surface area (Å²) in [6.45, 7) is 8.04. The van der Waals surface area contributed by atoms with E-state index in [1.165, 1.54) is 0 Å². The quantitative estimate of drug-likeness (QED) is 0.491. The van der Waals surface area contributed by atoms with Crippen LogP contribution < -0.4 is 10.6 Å². The Kier molecular flexibility index (Phi) is 7.21. The molecule has 1 saturated heterocycles. The maximum atomic E-state index is 12.0. The highest BCUT2D eigenvalue weighted by Gasteiger charge is 2.24. The molecule has 1 amide bonds. The van der Waals surface area contributed by atoms with Gasteiger partial charge in [-0.05, 0) is 19.8 Å². The molecule has 28 heavy (non-hydrogen) atoms. The minimum absolute atomic E-state index is 0.0306. The number of aromatic nitrogens is 3. The van der Waals surface area contributed by atoms with Crippen molar-refractivity contribution in [3.05, 3.63) is 11.6 Å². The van der Waals surface area contributed by atoms with Crippen molar-refractivity contribution in [1.29, 1.82) is 0 Å². The second-order valence-electron chi connectivity index (χ2n) is 7.41. The smallest absolute Gasteiger partial charge is 0.243 e. The molecule has 10 heteroatoms. The second-order valence-corrected chi connectivity index (χ2v) is 7.41. The van der Waals surface area contributed by atoms with Crippen molar-refractivity contribution in [2.24, 2.45) is 4.99 Å². The first-order valence-corrected chi connectivity index (χ1v) is 9.99. The molecule has 2 aliphatic heterocycles. The Hall–Kier alpha value is -2.20. The van der Waals surface area contributed by atoms with E-state index < -0.39 is 0 Å². The van der Waals surface area contributed by atoms with E-state index in [2.05, 4.69) is 30.6 Å². The fourth-order valence-corrected chi connectivity index (χ4v) is 3.37. The number of fused-ring (bicyclic) bond motifs is 1. The predicted octanol–water partition coefficient (Wildman–Crippen LogP) is -0.623. The number of hydrogen-bond acceptors (Lipinski definition) is 6. The minimum atomic E-state index is -0.0306. The molecule has 0 radical (unpaired) electrons. The fourth-order valence-electron chi connectivity index (χ4n) is 3.37. The first kappa shape index (κ1) is 20.5. The lowest BCUT2D eigenvalue weighted by Crippen LogP contribution is -2.46. The minimum Gasteiger partial charge on any atom is -0.379 e. The van der Waals surface area contributed by atoms with Gasteiger partial charge in [0, 0.05) is 46.8 Å². The average Bonchev–Trinajstić information content (AvgIpc) is 3.07. The van der Waals surface area contributed by atoms with Gasteiger partial charge in [-0.2, -0.15) is 5.10 Å². The van der Waals surface area contributed by atoms with Crippen LogP contribution in [-0.4, -0.2) is 96.5 Å². The number of aryl methyl sites for hydroxylation is 2. The van der Waals surface area contributed by atoms with Crippen LogP contribution in [0.2, 0.25) is 0 Å². The summed E-state index contributed by atoms with van der Waals surface area (Å²) >= 11 is 0. The molecule has 1 unspecified atom stereocenters. The van der Waals surface area contributed by atoms with E-state index in [1.807, 2.05) is 11.6 Å². The number of aliphatic imine (C=N–C) groups is 1. The number of hydrogen-bond donors (Lipinski definition) is 2. The van der Waals surface area contributed by atoms with Crippen LogP contribution in [0, 0.1) is 6.92 Å². The molecule has 0 spiro atoms. The van der Waals surface area contributed by atoms with Crippen molar-refractivity contribution in [2.75, 3.05) is 60.0 Å². The maximum Gasteiger partial charge on any atom is 0.243 e. The van der Waals surface area contributed by atoms with Gasteiger partial charge in [-0.25, -0.2) is 14.7 Å². The maximum absolute atomic E-state index is 12.0. The molecular weight excluding hydrogens is 360 g/mol. The van der Waals surface area contributed by atoms with Crippen LogP contribution in [0.5, 0.6) is 0 Å². The summed E-state index contributed by atoms with van der Waals surface area (Å²) < 4.78 is 7.36. The van der Waals surface area contributed by atoms with E-state index in [-0.39, 0.29) is 18.5 Å². The first-order valence-electron chi connectivity index (χ1n) is 9.99. The van der Waals surface area contributed by atoms with Crippen molar-refractivity contribution < 1.29 is 9.53 Å². The number of guanidine groups is 1. The van der Waals surface area contributed by atoms with Crippen LogP contribution >= 0.6 is 0 Å². The lowest BCUT2D eigenvalue weighted by Gasteiger charge is -2.28. The topological polar surface area (TPSA) is 99.9 Å². The van der Waals surface area contributed by atoms with Gasteiger partial charge in [0.2, 0.25) is 5.91 Å². The van der Waals surface area contributed by atoms with E-state index in [4.69, 9.17) is 4.74 Å². The standard InChI is InChI=1S/C18H32N8O2/c1-14-21-17-15(5-4-7-26(17)23-14)22-18(20-13-16(27)24(2)3)19-6-8-25-9-11-28-12-10-25/h15H,4-13H2,1-3H3,(H2,19,20,22).